The Bertz CT molecular complexity index is 594. The number of benzene rings is 1. The van der Waals surface area contributed by atoms with Crippen molar-refractivity contribution in [2.45, 2.75) is 24.2 Å². The summed E-state index contributed by atoms with van der Waals surface area (Å²) in [7, 11) is 1.27. The van der Waals surface area contributed by atoms with E-state index in [-0.39, 0.29) is 11.3 Å². The van der Waals surface area contributed by atoms with Gasteiger partial charge in [-0.2, -0.15) is 8.78 Å². The summed E-state index contributed by atoms with van der Waals surface area (Å²) in [5.74, 6) is -5.30. The predicted molar refractivity (Wildman–Crippen MR) is 61.9 cm³/mol. The fourth-order valence-electron chi connectivity index (χ4n) is 2.46. The van der Waals surface area contributed by atoms with Crippen molar-refractivity contribution in [1.29, 1.82) is 0 Å². The van der Waals surface area contributed by atoms with Gasteiger partial charge in [0.15, 0.2) is 0 Å². The molecule has 0 aromatic heterocycles. The van der Waals surface area contributed by atoms with E-state index in [1.807, 2.05) is 0 Å². The van der Waals surface area contributed by atoms with Crippen LogP contribution in [-0.2, 0) is 25.7 Å². The molecule has 1 fully saturated rings. The van der Waals surface area contributed by atoms with Crippen LogP contribution in [0.3, 0.4) is 0 Å². The largest absolute Gasteiger partial charge is 0.468 e. The first kappa shape index (κ1) is 12.1. The number of amides is 1. The monoisotopic (exact) mass is 267 g/mol. The van der Waals surface area contributed by atoms with Crippen LogP contribution in [0, 0.1) is 0 Å². The lowest BCUT2D eigenvalue weighted by molar-refractivity contribution is -0.143. The Morgan fingerprint density at radius 3 is 2.63 bits per heavy atom. The molecule has 1 N–H and O–H groups in total. The van der Waals surface area contributed by atoms with Crippen molar-refractivity contribution in [3.63, 3.8) is 0 Å². The Kier molecular flexibility index (Phi) is 2.24. The van der Waals surface area contributed by atoms with Crippen LogP contribution in [0.4, 0.5) is 14.5 Å². The molecule has 1 aromatic rings. The van der Waals surface area contributed by atoms with Crippen molar-refractivity contribution < 1.29 is 23.1 Å². The van der Waals surface area contributed by atoms with Crippen LogP contribution in [0.5, 0.6) is 0 Å². The van der Waals surface area contributed by atoms with Crippen LogP contribution in [0.1, 0.15) is 24.0 Å². The highest BCUT2D eigenvalue weighted by atomic mass is 19.3. The van der Waals surface area contributed by atoms with Crippen molar-refractivity contribution >= 4 is 17.6 Å². The SMILES string of the molecule is COC(=O)C1(c2ccc3c(c2)C(F)(F)C(=O)N3)CC1. The third-order valence-electron chi connectivity index (χ3n) is 3.77. The number of esters is 1. The number of ether oxygens (including phenoxy) is 1. The van der Waals surface area contributed by atoms with E-state index in [1.54, 1.807) is 6.07 Å². The third-order valence-corrected chi connectivity index (χ3v) is 3.77. The smallest absolute Gasteiger partial charge is 0.352 e. The number of anilines is 1. The summed E-state index contributed by atoms with van der Waals surface area (Å²) in [6, 6.07) is 4.23. The molecular weight excluding hydrogens is 256 g/mol. The van der Waals surface area contributed by atoms with Crippen molar-refractivity contribution in [3.05, 3.63) is 29.3 Å². The highest BCUT2D eigenvalue weighted by molar-refractivity contribution is 6.04. The summed E-state index contributed by atoms with van der Waals surface area (Å²) in [6.45, 7) is 0. The number of alkyl halides is 2. The molecule has 19 heavy (non-hydrogen) atoms. The van der Waals surface area contributed by atoms with Gasteiger partial charge in [-0.15, -0.1) is 0 Å². The molecule has 0 atom stereocenters. The van der Waals surface area contributed by atoms with E-state index in [4.69, 9.17) is 4.74 Å². The number of methoxy groups -OCH3 is 1. The second kappa shape index (κ2) is 3.53. The lowest BCUT2D eigenvalue weighted by Gasteiger charge is -2.15. The zero-order valence-corrected chi connectivity index (χ0v) is 10.1. The number of hydrogen-bond donors (Lipinski definition) is 1. The second-order valence-corrected chi connectivity index (χ2v) is 4.86. The molecule has 0 spiro atoms. The van der Waals surface area contributed by atoms with Gasteiger partial charge in [0.2, 0.25) is 0 Å². The fraction of sp³-hybridized carbons (Fsp3) is 0.385. The summed E-state index contributed by atoms with van der Waals surface area (Å²) >= 11 is 0. The van der Waals surface area contributed by atoms with Crippen molar-refractivity contribution in [2.75, 3.05) is 12.4 Å². The number of carbonyl (C=O) groups is 2. The summed E-state index contributed by atoms with van der Waals surface area (Å²) in [5.41, 5.74) is -0.607. The highest BCUT2D eigenvalue weighted by Gasteiger charge is 2.55. The minimum Gasteiger partial charge on any atom is -0.468 e. The summed E-state index contributed by atoms with van der Waals surface area (Å²) in [6.07, 6.45) is 1.15. The molecule has 1 saturated carbocycles. The minimum atomic E-state index is -3.54. The molecule has 1 heterocycles. The Morgan fingerprint density at radius 1 is 1.37 bits per heavy atom. The van der Waals surface area contributed by atoms with Gasteiger partial charge in [-0.25, -0.2) is 0 Å². The third kappa shape index (κ3) is 1.49. The number of hydrogen-bond acceptors (Lipinski definition) is 3. The molecule has 3 rings (SSSR count). The Labute approximate surface area is 107 Å². The molecule has 0 unspecified atom stereocenters. The summed E-state index contributed by atoms with van der Waals surface area (Å²) in [5, 5.41) is 2.12. The van der Waals surface area contributed by atoms with Crippen LogP contribution in [-0.4, -0.2) is 19.0 Å². The van der Waals surface area contributed by atoms with Gasteiger partial charge in [-0.3, -0.25) is 9.59 Å². The maximum atomic E-state index is 13.7. The fourth-order valence-corrected chi connectivity index (χ4v) is 2.46. The predicted octanol–water partition coefficient (Wildman–Crippen LogP) is 1.94. The minimum absolute atomic E-state index is 0.0967. The normalized spacial score (nSPS) is 21.5. The zero-order valence-electron chi connectivity index (χ0n) is 10.1. The molecule has 100 valence electrons. The van der Waals surface area contributed by atoms with E-state index in [2.05, 4.69) is 5.32 Å². The number of rotatable bonds is 2. The standard InChI is InChI=1S/C13H11F2NO3/c1-19-11(18)12(4-5-12)7-2-3-9-8(6-7)13(14,15)10(17)16-9/h2-3,6H,4-5H2,1H3,(H,16,17). The van der Waals surface area contributed by atoms with E-state index >= 15 is 0 Å². The highest BCUT2D eigenvalue weighted by Crippen LogP contribution is 2.51. The summed E-state index contributed by atoms with van der Waals surface area (Å²) in [4.78, 5) is 22.9. The average molecular weight is 267 g/mol. The van der Waals surface area contributed by atoms with Gasteiger partial charge in [0.05, 0.1) is 23.8 Å². The van der Waals surface area contributed by atoms with Gasteiger partial charge < -0.3 is 10.1 Å². The molecule has 4 nitrogen and oxygen atoms in total. The van der Waals surface area contributed by atoms with Gasteiger partial charge >= 0.3 is 11.9 Å². The maximum Gasteiger partial charge on any atom is 0.352 e. The van der Waals surface area contributed by atoms with Crippen molar-refractivity contribution in [2.24, 2.45) is 0 Å². The zero-order chi connectivity index (χ0) is 13.8. The van der Waals surface area contributed by atoms with E-state index in [9.17, 15) is 18.4 Å². The lowest BCUT2D eigenvalue weighted by Crippen LogP contribution is -2.25. The first-order valence-corrected chi connectivity index (χ1v) is 5.84. The Balaban J connectivity index is 2.07. The van der Waals surface area contributed by atoms with Crippen molar-refractivity contribution in [1.82, 2.24) is 0 Å². The van der Waals surface area contributed by atoms with Crippen molar-refractivity contribution in [3.8, 4) is 0 Å². The van der Waals surface area contributed by atoms with Gasteiger partial charge in [0.25, 0.3) is 5.91 Å². The first-order valence-electron chi connectivity index (χ1n) is 5.84. The topological polar surface area (TPSA) is 55.4 Å². The molecule has 2 aliphatic rings. The van der Waals surface area contributed by atoms with Gasteiger partial charge in [-0.1, -0.05) is 6.07 Å². The number of carbonyl (C=O) groups excluding carboxylic acids is 2. The number of fused-ring (bicyclic) bond motifs is 1. The van der Waals surface area contributed by atoms with Gasteiger partial charge in [0.1, 0.15) is 0 Å². The number of halogens is 2. The summed E-state index contributed by atoms with van der Waals surface area (Å²) < 4.78 is 32.1. The van der Waals surface area contributed by atoms with Crippen LogP contribution < -0.4 is 5.32 Å². The van der Waals surface area contributed by atoms with Crippen LogP contribution in [0.2, 0.25) is 0 Å². The van der Waals surface area contributed by atoms with Crippen LogP contribution in [0.25, 0.3) is 0 Å². The molecular formula is C13H11F2NO3. The average Bonchev–Trinajstić information content (AvgIpc) is 3.15. The quantitative estimate of drug-likeness (QED) is 0.833. The molecule has 1 aliphatic heterocycles. The molecule has 0 radical (unpaired) electrons. The van der Waals surface area contributed by atoms with E-state index < -0.39 is 23.2 Å². The van der Waals surface area contributed by atoms with E-state index in [1.165, 1.54) is 19.2 Å². The van der Waals surface area contributed by atoms with E-state index in [0.717, 1.165) is 0 Å². The molecule has 1 aliphatic carbocycles. The molecule has 1 amide bonds. The molecule has 0 saturated heterocycles. The van der Waals surface area contributed by atoms with Crippen LogP contribution >= 0.6 is 0 Å². The Morgan fingerprint density at radius 2 is 2.05 bits per heavy atom. The maximum absolute atomic E-state index is 13.7. The second-order valence-electron chi connectivity index (χ2n) is 4.86. The lowest BCUT2D eigenvalue weighted by atomic mass is 9.93. The number of nitrogens with one attached hydrogen (secondary N) is 1. The molecule has 0 bridgehead atoms. The Hall–Kier alpha value is -1.98. The van der Waals surface area contributed by atoms with Gasteiger partial charge in [-0.05, 0) is 30.5 Å². The molecule has 1 aromatic carbocycles. The first-order chi connectivity index (χ1) is 8.91. The molecule has 6 heteroatoms. The van der Waals surface area contributed by atoms with Gasteiger partial charge in [0, 0.05) is 0 Å². The van der Waals surface area contributed by atoms with E-state index in [0.29, 0.717) is 18.4 Å². The van der Waals surface area contributed by atoms with Crippen LogP contribution in [0.15, 0.2) is 18.2 Å².